The standard InChI is InChI=1S/C12H19NO3S/c1-9(2)11-4-6-12(7-5-11)13-17(15,16)10(3)8-14/h4-7,9-10,13-14H,8H2,1-3H3. The predicted molar refractivity (Wildman–Crippen MR) is 69.6 cm³/mol. The van der Waals surface area contributed by atoms with Crippen LogP contribution in [0, 0.1) is 0 Å². The Bertz CT molecular complexity index is 451. The Balaban J connectivity index is 2.83. The number of nitrogens with one attached hydrogen (secondary N) is 1. The molecule has 0 saturated heterocycles. The summed E-state index contributed by atoms with van der Waals surface area (Å²) in [5, 5.41) is 8.03. The topological polar surface area (TPSA) is 66.4 Å². The van der Waals surface area contributed by atoms with Gasteiger partial charge in [0, 0.05) is 5.69 Å². The number of hydrogen-bond acceptors (Lipinski definition) is 3. The molecule has 2 N–H and O–H groups in total. The van der Waals surface area contributed by atoms with Gasteiger partial charge >= 0.3 is 0 Å². The zero-order valence-corrected chi connectivity index (χ0v) is 11.2. The molecule has 0 aromatic heterocycles. The zero-order valence-electron chi connectivity index (χ0n) is 10.3. The second-order valence-electron chi connectivity index (χ2n) is 4.42. The minimum absolute atomic E-state index is 0.389. The van der Waals surface area contributed by atoms with E-state index in [1.54, 1.807) is 12.1 Å². The molecule has 5 heteroatoms. The fourth-order valence-corrected chi connectivity index (χ4v) is 2.16. The van der Waals surface area contributed by atoms with Gasteiger partial charge < -0.3 is 5.11 Å². The van der Waals surface area contributed by atoms with E-state index in [1.807, 2.05) is 12.1 Å². The van der Waals surface area contributed by atoms with Crippen molar-refractivity contribution >= 4 is 15.7 Å². The molecule has 0 bridgehead atoms. The highest BCUT2D eigenvalue weighted by molar-refractivity contribution is 7.93. The molecule has 1 aromatic carbocycles. The van der Waals surface area contributed by atoms with Gasteiger partial charge in [0.1, 0.15) is 5.25 Å². The van der Waals surface area contributed by atoms with Gasteiger partial charge in [0.05, 0.1) is 6.61 Å². The van der Waals surface area contributed by atoms with E-state index < -0.39 is 15.3 Å². The summed E-state index contributed by atoms with van der Waals surface area (Å²) >= 11 is 0. The molecular weight excluding hydrogens is 238 g/mol. The van der Waals surface area contributed by atoms with E-state index in [9.17, 15) is 8.42 Å². The Morgan fingerprint density at radius 3 is 2.12 bits per heavy atom. The van der Waals surface area contributed by atoms with Gasteiger partial charge in [-0.1, -0.05) is 26.0 Å². The minimum Gasteiger partial charge on any atom is -0.395 e. The summed E-state index contributed by atoms with van der Waals surface area (Å²) in [7, 11) is -3.50. The third kappa shape index (κ3) is 3.71. The summed E-state index contributed by atoms with van der Waals surface area (Å²) < 4.78 is 25.8. The fourth-order valence-electron chi connectivity index (χ4n) is 1.30. The highest BCUT2D eigenvalue weighted by Gasteiger charge is 2.19. The summed E-state index contributed by atoms with van der Waals surface area (Å²) in [4.78, 5) is 0. The van der Waals surface area contributed by atoms with Crippen molar-refractivity contribution in [1.82, 2.24) is 0 Å². The molecule has 0 aliphatic rings. The van der Waals surface area contributed by atoms with Gasteiger partial charge in [0.25, 0.3) is 0 Å². The highest BCUT2D eigenvalue weighted by atomic mass is 32.2. The van der Waals surface area contributed by atoms with E-state index in [-0.39, 0.29) is 6.61 Å². The summed E-state index contributed by atoms with van der Waals surface area (Å²) in [6, 6.07) is 7.26. The molecule has 0 spiro atoms. The van der Waals surface area contributed by atoms with Crippen LogP contribution in [0.5, 0.6) is 0 Å². The summed E-state index contributed by atoms with van der Waals surface area (Å²) in [5.41, 5.74) is 1.68. The Hall–Kier alpha value is -1.07. The number of aliphatic hydroxyl groups is 1. The molecule has 1 unspecified atom stereocenters. The quantitative estimate of drug-likeness (QED) is 0.847. The molecular formula is C12H19NO3S. The first kappa shape index (κ1) is 14.0. The number of sulfonamides is 1. The molecule has 0 aliphatic carbocycles. The molecule has 0 amide bonds. The number of rotatable bonds is 5. The average Bonchev–Trinajstić information content (AvgIpc) is 2.28. The van der Waals surface area contributed by atoms with Crippen LogP contribution in [0.2, 0.25) is 0 Å². The molecule has 4 nitrogen and oxygen atoms in total. The molecule has 0 aliphatic heterocycles. The average molecular weight is 257 g/mol. The number of aliphatic hydroxyl groups excluding tert-OH is 1. The molecule has 1 atom stereocenters. The van der Waals surface area contributed by atoms with Crippen LogP contribution in [0.4, 0.5) is 5.69 Å². The normalized spacial score (nSPS) is 13.7. The van der Waals surface area contributed by atoms with Crippen LogP contribution in [-0.4, -0.2) is 25.4 Å². The third-order valence-electron chi connectivity index (χ3n) is 2.62. The van der Waals surface area contributed by atoms with Crippen LogP contribution < -0.4 is 4.72 Å². The fraction of sp³-hybridized carbons (Fsp3) is 0.500. The minimum atomic E-state index is -3.50. The van der Waals surface area contributed by atoms with Crippen LogP contribution in [0.3, 0.4) is 0 Å². The van der Waals surface area contributed by atoms with Gasteiger partial charge in [-0.2, -0.15) is 0 Å². The van der Waals surface area contributed by atoms with Crippen molar-refractivity contribution in [3.63, 3.8) is 0 Å². The maximum absolute atomic E-state index is 11.7. The van der Waals surface area contributed by atoms with Crippen molar-refractivity contribution in [3.8, 4) is 0 Å². The maximum atomic E-state index is 11.7. The Kier molecular flexibility index (Phi) is 4.54. The monoisotopic (exact) mass is 257 g/mol. The first-order valence-corrected chi connectivity index (χ1v) is 7.14. The molecule has 0 radical (unpaired) electrons. The van der Waals surface area contributed by atoms with E-state index in [0.29, 0.717) is 11.6 Å². The lowest BCUT2D eigenvalue weighted by Crippen LogP contribution is -2.28. The van der Waals surface area contributed by atoms with E-state index in [2.05, 4.69) is 18.6 Å². The van der Waals surface area contributed by atoms with Crippen LogP contribution >= 0.6 is 0 Å². The molecule has 0 saturated carbocycles. The smallest absolute Gasteiger partial charge is 0.237 e. The maximum Gasteiger partial charge on any atom is 0.237 e. The molecule has 0 fully saturated rings. The summed E-state index contributed by atoms with van der Waals surface area (Å²) in [6.07, 6.45) is 0. The van der Waals surface area contributed by atoms with E-state index in [1.165, 1.54) is 6.92 Å². The summed E-state index contributed by atoms with van der Waals surface area (Å²) in [6.45, 7) is 5.23. The Labute approximate surface area is 103 Å². The van der Waals surface area contributed by atoms with Crippen molar-refractivity contribution in [1.29, 1.82) is 0 Å². The van der Waals surface area contributed by atoms with E-state index >= 15 is 0 Å². The van der Waals surface area contributed by atoms with Gasteiger partial charge in [-0.3, -0.25) is 4.72 Å². The predicted octanol–water partition coefficient (Wildman–Crippen LogP) is 1.93. The number of benzene rings is 1. The Morgan fingerprint density at radius 1 is 1.18 bits per heavy atom. The van der Waals surface area contributed by atoms with Gasteiger partial charge in [-0.15, -0.1) is 0 Å². The van der Waals surface area contributed by atoms with Crippen LogP contribution in [0.15, 0.2) is 24.3 Å². The van der Waals surface area contributed by atoms with Gasteiger partial charge in [0.15, 0.2) is 0 Å². The molecule has 1 aromatic rings. The zero-order chi connectivity index (χ0) is 13.1. The highest BCUT2D eigenvalue weighted by Crippen LogP contribution is 2.18. The summed E-state index contributed by atoms with van der Waals surface area (Å²) in [5.74, 6) is 0.414. The van der Waals surface area contributed by atoms with Crippen LogP contribution in [0.25, 0.3) is 0 Å². The van der Waals surface area contributed by atoms with Gasteiger partial charge in [-0.25, -0.2) is 8.42 Å². The molecule has 1 rings (SSSR count). The van der Waals surface area contributed by atoms with Crippen molar-refractivity contribution in [2.24, 2.45) is 0 Å². The lowest BCUT2D eigenvalue weighted by Gasteiger charge is -2.13. The van der Waals surface area contributed by atoms with Gasteiger partial charge in [-0.05, 0) is 30.5 Å². The number of hydrogen-bond donors (Lipinski definition) is 2. The second-order valence-corrected chi connectivity index (χ2v) is 6.52. The molecule has 0 heterocycles. The number of anilines is 1. The van der Waals surface area contributed by atoms with Crippen molar-refractivity contribution in [3.05, 3.63) is 29.8 Å². The largest absolute Gasteiger partial charge is 0.395 e. The van der Waals surface area contributed by atoms with Crippen molar-refractivity contribution in [2.45, 2.75) is 31.9 Å². The van der Waals surface area contributed by atoms with E-state index in [0.717, 1.165) is 5.56 Å². The first-order valence-electron chi connectivity index (χ1n) is 5.59. The Morgan fingerprint density at radius 2 is 1.71 bits per heavy atom. The molecule has 17 heavy (non-hydrogen) atoms. The molecule has 96 valence electrons. The van der Waals surface area contributed by atoms with Crippen molar-refractivity contribution < 1.29 is 13.5 Å². The van der Waals surface area contributed by atoms with Crippen molar-refractivity contribution in [2.75, 3.05) is 11.3 Å². The van der Waals surface area contributed by atoms with Crippen LogP contribution in [0.1, 0.15) is 32.3 Å². The lowest BCUT2D eigenvalue weighted by molar-refractivity contribution is 0.296. The SMILES string of the molecule is CC(C)c1ccc(NS(=O)(=O)C(C)CO)cc1. The van der Waals surface area contributed by atoms with E-state index in [4.69, 9.17) is 5.11 Å². The van der Waals surface area contributed by atoms with Gasteiger partial charge in [0.2, 0.25) is 10.0 Å². The second kappa shape index (κ2) is 5.51. The first-order chi connectivity index (χ1) is 7.86. The van der Waals surface area contributed by atoms with Crippen LogP contribution in [-0.2, 0) is 10.0 Å². The lowest BCUT2D eigenvalue weighted by atomic mass is 10.0. The third-order valence-corrected chi connectivity index (χ3v) is 4.35.